The van der Waals surface area contributed by atoms with Crippen LogP contribution in [-0.4, -0.2) is 15.2 Å². The van der Waals surface area contributed by atoms with E-state index in [1.54, 1.807) is 0 Å². The van der Waals surface area contributed by atoms with Crippen LogP contribution in [0.3, 0.4) is 0 Å². The average Bonchev–Trinajstić information content (AvgIpc) is 2.67. The highest BCUT2D eigenvalue weighted by atomic mass is 35.5. The molecule has 0 aliphatic heterocycles. The van der Waals surface area contributed by atoms with Gasteiger partial charge < -0.3 is 8.85 Å². The van der Waals surface area contributed by atoms with Crippen LogP contribution in [0, 0.1) is 0 Å². The molecule has 0 aliphatic rings. The lowest BCUT2D eigenvalue weighted by molar-refractivity contribution is 0.158. The van der Waals surface area contributed by atoms with Crippen molar-refractivity contribution in [3.63, 3.8) is 0 Å². The van der Waals surface area contributed by atoms with Crippen LogP contribution >= 0.6 is 11.6 Å². The Morgan fingerprint density at radius 1 is 0.731 bits per heavy atom. The summed E-state index contributed by atoms with van der Waals surface area (Å²) >= 11 is 5.95. The predicted molar refractivity (Wildman–Crippen MR) is 116 cm³/mol. The first-order chi connectivity index (χ1) is 12.7. The van der Waals surface area contributed by atoms with E-state index in [0.717, 1.165) is 30.1 Å². The van der Waals surface area contributed by atoms with Crippen LogP contribution < -0.4 is 0 Å². The van der Waals surface area contributed by atoms with E-state index in [1.807, 2.05) is 24.3 Å². The summed E-state index contributed by atoms with van der Waals surface area (Å²) in [5.74, 6) is 0. The van der Waals surface area contributed by atoms with Crippen LogP contribution in [0.2, 0.25) is 17.1 Å². The predicted octanol–water partition coefficient (Wildman–Crippen LogP) is 7.89. The first-order valence-corrected chi connectivity index (χ1v) is 13.3. The van der Waals surface area contributed by atoms with Crippen molar-refractivity contribution in [2.24, 2.45) is 0 Å². The fourth-order valence-electron chi connectivity index (χ4n) is 3.17. The lowest BCUT2D eigenvalue weighted by atomic mass is 10.1. The van der Waals surface area contributed by atoms with E-state index in [2.05, 4.69) is 20.8 Å². The molecule has 4 heteroatoms. The van der Waals surface area contributed by atoms with E-state index < -0.39 is 8.56 Å². The highest BCUT2D eigenvalue weighted by Gasteiger charge is 2.33. The quantitative estimate of drug-likeness (QED) is 0.208. The first kappa shape index (κ1) is 23.7. The average molecular weight is 399 g/mol. The molecule has 2 nitrogen and oxygen atoms in total. The Morgan fingerprint density at radius 3 is 1.81 bits per heavy atom. The summed E-state index contributed by atoms with van der Waals surface area (Å²) in [6.45, 7) is 8.16. The van der Waals surface area contributed by atoms with Gasteiger partial charge in [0.15, 0.2) is 0 Å². The molecule has 26 heavy (non-hydrogen) atoms. The van der Waals surface area contributed by atoms with E-state index in [-0.39, 0.29) is 0 Å². The van der Waals surface area contributed by atoms with E-state index in [4.69, 9.17) is 20.5 Å². The molecule has 150 valence electrons. The highest BCUT2D eigenvalue weighted by molar-refractivity contribution is 6.67. The van der Waals surface area contributed by atoms with Gasteiger partial charge in [0, 0.05) is 11.6 Å². The Labute approximate surface area is 167 Å². The summed E-state index contributed by atoms with van der Waals surface area (Å²) in [6.07, 6.45) is 12.1. The molecular formula is C22H39ClO2Si. The summed E-state index contributed by atoms with van der Waals surface area (Å²) in [5, 5.41) is 0.768. The minimum Gasteiger partial charge on any atom is -0.394 e. The molecule has 0 bridgehead atoms. The summed E-state index contributed by atoms with van der Waals surface area (Å²) in [6, 6.07) is 9.93. The maximum absolute atomic E-state index is 6.32. The van der Waals surface area contributed by atoms with Crippen molar-refractivity contribution < 1.29 is 8.85 Å². The number of hydrogen-bond donors (Lipinski definition) is 0. The number of hydrogen-bond acceptors (Lipinski definition) is 2. The maximum Gasteiger partial charge on any atom is 0.337 e. The molecule has 0 fully saturated rings. The molecule has 0 aromatic heterocycles. The highest BCUT2D eigenvalue weighted by Crippen LogP contribution is 2.22. The number of rotatable bonds is 16. The Kier molecular flexibility index (Phi) is 13.4. The van der Waals surface area contributed by atoms with Crippen molar-refractivity contribution in [2.75, 3.05) is 6.61 Å². The van der Waals surface area contributed by atoms with Gasteiger partial charge in [0.05, 0.1) is 6.61 Å². The Bertz CT molecular complexity index is 446. The standard InChI is InChI=1S/C22H39ClO2Si/c1-4-7-8-9-10-11-12-13-14-19-24-26(5-2,6-3)25-20-21-15-17-22(23)18-16-21/h15-18H,4-14,19-20H2,1-3H3. The Morgan fingerprint density at radius 2 is 1.27 bits per heavy atom. The number of benzene rings is 1. The van der Waals surface area contributed by atoms with Gasteiger partial charge in [-0.05, 0) is 36.2 Å². The van der Waals surface area contributed by atoms with Crippen LogP contribution in [0.1, 0.15) is 84.1 Å². The van der Waals surface area contributed by atoms with E-state index in [0.29, 0.717) is 6.61 Å². The maximum atomic E-state index is 6.32. The Hall–Kier alpha value is -0.353. The fraction of sp³-hybridized carbons (Fsp3) is 0.727. The van der Waals surface area contributed by atoms with E-state index in [1.165, 1.54) is 56.9 Å². The molecule has 0 N–H and O–H groups in total. The largest absolute Gasteiger partial charge is 0.394 e. The number of halogens is 1. The summed E-state index contributed by atoms with van der Waals surface area (Å²) in [7, 11) is -2.06. The van der Waals surface area contributed by atoms with Crippen LogP contribution in [0.15, 0.2) is 24.3 Å². The van der Waals surface area contributed by atoms with Gasteiger partial charge in [0.25, 0.3) is 0 Å². The van der Waals surface area contributed by atoms with Gasteiger partial charge in [0.2, 0.25) is 0 Å². The van der Waals surface area contributed by atoms with E-state index >= 15 is 0 Å². The van der Waals surface area contributed by atoms with E-state index in [9.17, 15) is 0 Å². The first-order valence-electron chi connectivity index (χ1n) is 10.7. The zero-order valence-corrected chi connectivity index (χ0v) is 19.0. The smallest absolute Gasteiger partial charge is 0.337 e. The number of unbranched alkanes of at least 4 members (excludes halogenated alkanes) is 8. The minimum absolute atomic E-state index is 0.628. The van der Waals surface area contributed by atoms with Crippen LogP contribution in [0.4, 0.5) is 0 Å². The molecular weight excluding hydrogens is 360 g/mol. The zero-order valence-electron chi connectivity index (χ0n) is 17.2. The molecule has 1 rings (SSSR count). The minimum atomic E-state index is -2.06. The summed E-state index contributed by atoms with van der Waals surface area (Å²) in [5.41, 5.74) is 1.17. The van der Waals surface area contributed by atoms with Gasteiger partial charge in [0.1, 0.15) is 0 Å². The van der Waals surface area contributed by atoms with Gasteiger partial charge >= 0.3 is 8.56 Å². The molecule has 0 unspecified atom stereocenters. The van der Waals surface area contributed by atoms with Crippen molar-refractivity contribution in [2.45, 2.75) is 97.3 Å². The van der Waals surface area contributed by atoms with Gasteiger partial charge in [-0.25, -0.2) is 0 Å². The third-order valence-electron chi connectivity index (χ3n) is 5.11. The third-order valence-corrected chi connectivity index (χ3v) is 8.91. The van der Waals surface area contributed by atoms with Crippen LogP contribution in [0.25, 0.3) is 0 Å². The second-order valence-electron chi connectivity index (χ2n) is 7.21. The Balaban J connectivity index is 2.19. The molecule has 0 atom stereocenters. The molecule has 0 heterocycles. The molecule has 0 aliphatic carbocycles. The summed E-state index contributed by atoms with van der Waals surface area (Å²) < 4.78 is 12.6. The molecule has 0 saturated carbocycles. The zero-order chi connectivity index (χ0) is 19.1. The lowest BCUT2D eigenvalue weighted by Crippen LogP contribution is -2.40. The topological polar surface area (TPSA) is 18.5 Å². The molecule has 1 aromatic carbocycles. The SMILES string of the molecule is CCCCCCCCCCCO[Si](CC)(CC)OCc1ccc(Cl)cc1. The molecule has 1 aromatic rings. The van der Waals surface area contributed by atoms with Crippen LogP contribution in [-0.2, 0) is 15.5 Å². The van der Waals surface area contributed by atoms with Crippen molar-refractivity contribution in [3.05, 3.63) is 34.9 Å². The second-order valence-corrected chi connectivity index (χ2v) is 11.5. The lowest BCUT2D eigenvalue weighted by Gasteiger charge is -2.29. The molecule has 0 spiro atoms. The van der Waals surface area contributed by atoms with Crippen molar-refractivity contribution >= 4 is 20.2 Å². The molecule has 0 radical (unpaired) electrons. The van der Waals surface area contributed by atoms with Crippen molar-refractivity contribution in [1.82, 2.24) is 0 Å². The van der Waals surface area contributed by atoms with Gasteiger partial charge in [-0.2, -0.15) is 0 Å². The van der Waals surface area contributed by atoms with Gasteiger partial charge in [-0.1, -0.05) is 95.9 Å². The third kappa shape index (κ3) is 10.1. The summed E-state index contributed by atoms with van der Waals surface area (Å²) in [4.78, 5) is 0. The van der Waals surface area contributed by atoms with Gasteiger partial charge in [-0.15, -0.1) is 0 Å². The van der Waals surface area contributed by atoms with Crippen LogP contribution in [0.5, 0.6) is 0 Å². The monoisotopic (exact) mass is 398 g/mol. The van der Waals surface area contributed by atoms with Crippen molar-refractivity contribution in [1.29, 1.82) is 0 Å². The second kappa shape index (κ2) is 14.7. The normalized spacial score (nSPS) is 11.8. The molecule has 0 amide bonds. The fourth-order valence-corrected chi connectivity index (χ4v) is 5.64. The molecule has 0 saturated heterocycles. The van der Waals surface area contributed by atoms with Crippen molar-refractivity contribution in [3.8, 4) is 0 Å². The van der Waals surface area contributed by atoms with Gasteiger partial charge in [-0.3, -0.25) is 0 Å².